The third-order valence-electron chi connectivity index (χ3n) is 10.1. The molecule has 0 radical (unpaired) electrons. The number of alkyl halides is 1. The fraction of sp³-hybridized carbons (Fsp3) is 0.696. The van der Waals surface area contributed by atoms with Crippen molar-refractivity contribution in [3.05, 3.63) is 48.5 Å². The van der Waals surface area contributed by atoms with Crippen molar-refractivity contribution in [2.24, 2.45) is 0 Å². The molecule has 2 N–H and O–H groups in total. The summed E-state index contributed by atoms with van der Waals surface area (Å²) in [6.45, 7) is 17.7. The minimum atomic E-state index is -0.701. The zero-order chi connectivity index (χ0) is 41.2. The smallest absolute Gasteiger partial charge is 0.305 e. The summed E-state index contributed by atoms with van der Waals surface area (Å²) in [5.41, 5.74) is 2.55. The minimum absolute atomic E-state index is 0.100. The Morgan fingerprint density at radius 2 is 1.09 bits per heavy atom. The Labute approximate surface area is 354 Å². The molecule has 11 heteroatoms. The largest absolute Gasteiger partial charge is 0.494 e. The number of carboxylic acids is 1. The number of carboxylic acid groups (broad SMARTS) is 1. The molecule has 10 nitrogen and oxygen atoms in total. The van der Waals surface area contributed by atoms with E-state index in [0.717, 1.165) is 108 Å². The lowest BCUT2D eigenvalue weighted by Crippen LogP contribution is -2.46. The second kappa shape index (κ2) is 33.9. The van der Waals surface area contributed by atoms with Gasteiger partial charge in [-0.25, -0.2) is 0 Å². The van der Waals surface area contributed by atoms with Crippen LogP contribution < -0.4 is 24.6 Å². The molecule has 0 unspecified atom stereocenters. The molecular weight excluding hydrogens is 784 g/mol. The van der Waals surface area contributed by atoms with E-state index in [2.05, 4.69) is 103 Å². The third kappa shape index (κ3) is 25.2. The van der Waals surface area contributed by atoms with E-state index in [1.54, 1.807) is 0 Å². The van der Waals surface area contributed by atoms with Gasteiger partial charge in [0.2, 0.25) is 0 Å². The van der Waals surface area contributed by atoms with E-state index in [1.807, 2.05) is 6.92 Å². The number of hydrogen-bond acceptors (Lipinski definition) is 9. The number of carbonyl (C=O) groups is 2. The van der Waals surface area contributed by atoms with Crippen LogP contribution >= 0.6 is 15.9 Å². The van der Waals surface area contributed by atoms with Crippen LogP contribution in [0.25, 0.3) is 0 Å². The molecule has 0 bridgehead atoms. The normalized spacial score (nSPS) is 14.2. The molecule has 4 rings (SSSR count). The standard InChI is InChI=1S/C22H36N2O3.C18H30N2O.C6H11BrO2/c1-2-3-4-5-6-7-19-27-21-12-10-20(11-13-21)24-17-15-23(16-18-24)14-8-9-22(25)26;1-2-3-4-5-6-7-16-21-18-10-8-17(9-11-18)20-14-12-19-13-15-20;1-2-9-6(8)4-3-5-7/h10-13H,2-9,14-19H2,1H3,(H,25,26);8-11,19H,2-7,12-16H2,1H3;2-5H2,1H3. The van der Waals surface area contributed by atoms with Crippen molar-refractivity contribution in [2.75, 3.05) is 93.9 Å². The van der Waals surface area contributed by atoms with E-state index in [-0.39, 0.29) is 12.4 Å². The van der Waals surface area contributed by atoms with Gasteiger partial charge in [0.1, 0.15) is 11.5 Å². The highest BCUT2D eigenvalue weighted by molar-refractivity contribution is 9.09. The van der Waals surface area contributed by atoms with Crippen molar-refractivity contribution in [1.82, 2.24) is 10.2 Å². The number of carbonyl (C=O) groups excluding carboxylic acids is 1. The number of hydrogen-bond donors (Lipinski definition) is 2. The molecule has 0 atom stereocenters. The number of anilines is 2. The third-order valence-corrected chi connectivity index (χ3v) is 10.7. The zero-order valence-electron chi connectivity index (χ0n) is 35.8. The van der Waals surface area contributed by atoms with Crippen LogP contribution in [0.1, 0.15) is 124 Å². The van der Waals surface area contributed by atoms with Gasteiger partial charge in [0.05, 0.1) is 19.8 Å². The predicted molar refractivity (Wildman–Crippen MR) is 241 cm³/mol. The first kappa shape index (κ1) is 50.1. The van der Waals surface area contributed by atoms with Gasteiger partial charge in [-0.05, 0) is 87.7 Å². The molecule has 2 aromatic rings. The SMILES string of the molecule is CCCCCCCCOc1ccc(N2CCN(CCCC(=O)O)CC2)cc1.CCCCCCCCOc1ccc(N2CCNCC2)cc1.CCOC(=O)CCCBr. The summed E-state index contributed by atoms with van der Waals surface area (Å²) >= 11 is 3.22. The Kier molecular flexibility index (Phi) is 29.8. The lowest BCUT2D eigenvalue weighted by Gasteiger charge is -2.36. The molecule has 0 saturated carbocycles. The van der Waals surface area contributed by atoms with E-state index < -0.39 is 5.97 Å². The van der Waals surface area contributed by atoms with Gasteiger partial charge in [-0.2, -0.15) is 0 Å². The molecule has 57 heavy (non-hydrogen) atoms. The molecule has 0 aromatic heterocycles. The number of unbranched alkanes of at least 4 members (excludes halogenated alkanes) is 10. The second-order valence-corrected chi connectivity index (χ2v) is 15.7. The van der Waals surface area contributed by atoms with E-state index in [9.17, 15) is 9.59 Å². The van der Waals surface area contributed by atoms with E-state index >= 15 is 0 Å². The number of piperazine rings is 2. The summed E-state index contributed by atoms with van der Waals surface area (Å²) < 4.78 is 16.4. The molecular formula is C46H77BrN4O6. The monoisotopic (exact) mass is 861 g/mol. The van der Waals surface area contributed by atoms with Gasteiger partial charge in [-0.3, -0.25) is 14.5 Å². The molecule has 0 aliphatic carbocycles. The Bertz CT molecular complexity index is 1250. The quantitative estimate of drug-likeness (QED) is 0.0540. The fourth-order valence-electron chi connectivity index (χ4n) is 6.70. The first-order chi connectivity index (χ1) is 27.9. The van der Waals surface area contributed by atoms with Crippen LogP contribution in [0.3, 0.4) is 0 Å². The number of nitrogens with one attached hydrogen (secondary N) is 1. The Morgan fingerprint density at radius 1 is 0.614 bits per heavy atom. The van der Waals surface area contributed by atoms with Gasteiger partial charge in [-0.15, -0.1) is 0 Å². The molecule has 0 amide bonds. The van der Waals surface area contributed by atoms with Crippen LogP contribution in [0.4, 0.5) is 11.4 Å². The molecule has 2 saturated heterocycles. The number of rotatable bonds is 26. The lowest BCUT2D eigenvalue weighted by atomic mass is 10.1. The van der Waals surface area contributed by atoms with Crippen molar-refractivity contribution in [1.29, 1.82) is 0 Å². The van der Waals surface area contributed by atoms with E-state index in [0.29, 0.717) is 13.0 Å². The van der Waals surface area contributed by atoms with Crippen molar-refractivity contribution in [3.63, 3.8) is 0 Å². The number of esters is 1. The Hall–Kier alpha value is -3.02. The highest BCUT2D eigenvalue weighted by Gasteiger charge is 2.17. The van der Waals surface area contributed by atoms with Crippen LogP contribution in [0.5, 0.6) is 11.5 Å². The topological polar surface area (TPSA) is 104 Å². The fourth-order valence-corrected chi connectivity index (χ4v) is 6.98. The highest BCUT2D eigenvalue weighted by Crippen LogP contribution is 2.22. The first-order valence-corrected chi connectivity index (χ1v) is 23.3. The maximum absolute atomic E-state index is 10.6. The molecule has 2 aromatic carbocycles. The first-order valence-electron chi connectivity index (χ1n) is 22.2. The van der Waals surface area contributed by atoms with E-state index in [1.165, 1.54) is 82.0 Å². The highest BCUT2D eigenvalue weighted by atomic mass is 79.9. The van der Waals surface area contributed by atoms with Crippen molar-refractivity contribution in [2.45, 2.75) is 124 Å². The van der Waals surface area contributed by atoms with Gasteiger partial charge in [0.25, 0.3) is 0 Å². The summed E-state index contributed by atoms with van der Waals surface area (Å²) in [5.74, 6) is 1.16. The van der Waals surface area contributed by atoms with E-state index in [4.69, 9.17) is 14.6 Å². The number of aliphatic carboxylic acids is 1. The van der Waals surface area contributed by atoms with Crippen molar-refractivity contribution in [3.8, 4) is 11.5 Å². The van der Waals surface area contributed by atoms with Gasteiger partial charge >= 0.3 is 11.9 Å². The summed E-state index contributed by atoms with van der Waals surface area (Å²) in [6, 6.07) is 17.0. The Morgan fingerprint density at radius 3 is 1.54 bits per heavy atom. The second-order valence-electron chi connectivity index (χ2n) is 14.9. The molecule has 2 fully saturated rings. The molecule has 2 aliphatic heterocycles. The maximum atomic E-state index is 10.6. The number of nitrogens with zero attached hydrogens (tertiary/aromatic N) is 3. The van der Waals surface area contributed by atoms with Crippen LogP contribution in [-0.4, -0.2) is 106 Å². The maximum Gasteiger partial charge on any atom is 0.305 e. The Balaban J connectivity index is 0.000000331. The van der Waals surface area contributed by atoms with Crippen molar-refractivity contribution >= 4 is 39.2 Å². The predicted octanol–water partition coefficient (Wildman–Crippen LogP) is 9.97. The van der Waals surface area contributed by atoms with Gasteiger partial charge < -0.3 is 34.4 Å². The average molecular weight is 862 g/mol. The zero-order valence-corrected chi connectivity index (χ0v) is 37.4. The summed E-state index contributed by atoms with van der Waals surface area (Å²) in [5, 5.41) is 13.0. The summed E-state index contributed by atoms with van der Waals surface area (Å²) in [4.78, 5) is 28.3. The van der Waals surface area contributed by atoms with Gasteiger partial charge in [-0.1, -0.05) is 94.0 Å². The number of halogens is 1. The molecule has 0 spiro atoms. The average Bonchev–Trinajstić information content (AvgIpc) is 3.24. The van der Waals surface area contributed by atoms with Crippen molar-refractivity contribution < 1.29 is 28.9 Å². The summed E-state index contributed by atoms with van der Waals surface area (Å²) in [6.07, 6.45) is 17.9. The summed E-state index contributed by atoms with van der Waals surface area (Å²) in [7, 11) is 0. The lowest BCUT2D eigenvalue weighted by molar-refractivity contribution is -0.143. The van der Waals surface area contributed by atoms with Gasteiger partial charge in [0, 0.05) is 81.9 Å². The molecule has 2 aliphatic rings. The number of ether oxygens (including phenoxy) is 3. The molecule has 324 valence electrons. The van der Waals surface area contributed by atoms with Gasteiger partial charge in [0.15, 0.2) is 0 Å². The van der Waals surface area contributed by atoms with Crippen LogP contribution in [-0.2, 0) is 14.3 Å². The minimum Gasteiger partial charge on any atom is -0.494 e. The van der Waals surface area contributed by atoms with Crippen LogP contribution in [0.15, 0.2) is 48.5 Å². The number of benzene rings is 2. The van der Waals surface area contributed by atoms with Crippen LogP contribution in [0.2, 0.25) is 0 Å². The molecule has 2 heterocycles. The van der Waals surface area contributed by atoms with Crippen LogP contribution in [0, 0.1) is 0 Å².